The van der Waals surface area contributed by atoms with Crippen molar-refractivity contribution in [1.29, 1.82) is 0 Å². The van der Waals surface area contributed by atoms with Gasteiger partial charge >= 0.3 is 0 Å². The van der Waals surface area contributed by atoms with Gasteiger partial charge in [-0.15, -0.1) is 0 Å². The molecule has 0 aromatic heterocycles. The zero-order valence-electron chi connectivity index (χ0n) is 22.1. The molecular weight excluding hydrogens is 486 g/mol. The molecule has 8 heteroatoms. The first-order valence-electron chi connectivity index (χ1n) is 12.6. The van der Waals surface area contributed by atoms with E-state index in [0.29, 0.717) is 35.6 Å². The van der Waals surface area contributed by atoms with E-state index in [1.807, 2.05) is 54.6 Å². The molecule has 38 heavy (non-hydrogen) atoms. The molecule has 4 atom stereocenters. The smallest absolute Gasteiger partial charge is 0.252 e. The molecule has 1 heterocycles. The first-order chi connectivity index (χ1) is 18.2. The number of rotatable bonds is 9. The molecule has 0 spiro atoms. The molecule has 1 aliphatic heterocycles. The number of hydrogen-bond donors (Lipinski definition) is 3. The van der Waals surface area contributed by atoms with Gasteiger partial charge in [0.2, 0.25) is 6.29 Å². The fourth-order valence-electron chi connectivity index (χ4n) is 4.73. The predicted molar refractivity (Wildman–Crippen MR) is 143 cm³/mol. The van der Waals surface area contributed by atoms with Crippen molar-refractivity contribution in [1.82, 2.24) is 5.32 Å². The van der Waals surface area contributed by atoms with Gasteiger partial charge in [0.05, 0.1) is 18.3 Å². The van der Waals surface area contributed by atoms with E-state index in [4.69, 9.17) is 18.9 Å². The molecule has 3 aromatic rings. The third kappa shape index (κ3) is 6.16. The van der Waals surface area contributed by atoms with Gasteiger partial charge in [-0.2, -0.15) is 0 Å². The molecular formula is C30H35NO7. The van der Waals surface area contributed by atoms with Crippen molar-refractivity contribution in [3.05, 3.63) is 83.9 Å². The Morgan fingerprint density at radius 2 is 1.71 bits per heavy atom. The van der Waals surface area contributed by atoms with E-state index in [9.17, 15) is 15.0 Å². The van der Waals surface area contributed by atoms with Crippen LogP contribution in [-0.2, 0) is 15.9 Å². The molecule has 1 amide bonds. The molecule has 1 saturated heterocycles. The van der Waals surface area contributed by atoms with E-state index in [1.54, 1.807) is 39.2 Å². The lowest BCUT2D eigenvalue weighted by molar-refractivity contribution is -0.305. The zero-order valence-corrected chi connectivity index (χ0v) is 22.1. The molecule has 0 saturated carbocycles. The number of amides is 1. The normalized spacial score (nSPS) is 22.5. The number of methoxy groups -OCH3 is 2. The topological polar surface area (TPSA) is 106 Å². The summed E-state index contributed by atoms with van der Waals surface area (Å²) in [5.41, 5.74) is 2.09. The highest BCUT2D eigenvalue weighted by atomic mass is 16.7. The average molecular weight is 522 g/mol. The summed E-state index contributed by atoms with van der Waals surface area (Å²) >= 11 is 0. The number of aliphatic hydroxyl groups excluding tert-OH is 2. The van der Waals surface area contributed by atoms with Crippen molar-refractivity contribution in [3.8, 4) is 22.6 Å². The highest BCUT2D eigenvalue weighted by molar-refractivity contribution is 6.01. The van der Waals surface area contributed by atoms with Crippen LogP contribution in [0.25, 0.3) is 11.1 Å². The van der Waals surface area contributed by atoms with Crippen LogP contribution in [0, 0.1) is 0 Å². The van der Waals surface area contributed by atoms with Gasteiger partial charge in [-0.3, -0.25) is 4.79 Å². The summed E-state index contributed by atoms with van der Waals surface area (Å²) in [5, 5.41) is 24.2. The first kappa shape index (κ1) is 27.6. The Kier molecular flexibility index (Phi) is 8.69. The largest absolute Gasteiger partial charge is 0.497 e. The Morgan fingerprint density at radius 1 is 0.947 bits per heavy atom. The van der Waals surface area contributed by atoms with Gasteiger partial charge in [0.25, 0.3) is 5.91 Å². The van der Waals surface area contributed by atoms with Crippen molar-refractivity contribution >= 4 is 5.91 Å². The summed E-state index contributed by atoms with van der Waals surface area (Å²) in [5.74, 6) is 0.711. The van der Waals surface area contributed by atoms with Crippen LogP contribution in [0.2, 0.25) is 0 Å². The second-order valence-corrected chi connectivity index (χ2v) is 9.78. The van der Waals surface area contributed by atoms with Crippen molar-refractivity contribution < 1.29 is 34.0 Å². The number of aliphatic hydroxyl groups is 2. The van der Waals surface area contributed by atoms with E-state index in [2.05, 4.69) is 5.32 Å². The Hall–Kier alpha value is -3.43. The summed E-state index contributed by atoms with van der Waals surface area (Å²) in [4.78, 5) is 13.4. The van der Waals surface area contributed by atoms with Crippen LogP contribution in [0.15, 0.2) is 72.8 Å². The standard InChI is InChI=1S/C30H35NO7/c1-30(2)27(36-4)25(32)26(33)29(38-30)37-22-13-14-23(20-11-8-12-21(17-20)35-3)24(18-22)28(34)31-16-15-19-9-6-5-7-10-19/h5-14,17-18,25-27,29,32-33H,15-16H2,1-4H3,(H,31,34)/t25-,26+,27+,29-/m0/s1. The van der Waals surface area contributed by atoms with Gasteiger partial charge in [0.1, 0.15) is 29.8 Å². The zero-order chi connectivity index (χ0) is 27.3. The van der Waals surface area contributed by atoms with E-state index < -0.39 is 30.2 Å². The van der Waals surface area contributed by atoms with Crippen LogP contribution in [0.5, 0.6) is 11.5 Å². The van der Waals surface area contributed by atoms with Crippen LogP contribution in [0.4, 0.5) is 0 Å². The lowest BCUT2D eigenvalue weighted by atomic mass is 9.89. The molecule has 0 radical (unpaired) electrons. The van der Waals surface area contributed by atoms with E-state index in [0.717, 1.165) is 11.1 Å². The Bertz CT molecular complexity index is 1230. The molecule has 0 unspecified atom stereocenters. The highest BCUT2D eigenvalue weighted by Gasteiger charge is 2.50. The summed E-state index contributed by atoms with van der Waals surface area (Å²) in [6, 6.07) is 22.5. The second kappa shape index (κ2) is 12.0. The van der Waals surface area contributed by atoms with Crippen molar-refractivity contribution in [2.24, 2.45) is 0 Å². The molecule has 3 aromatic carbocycles. The first-order valence-corrected chi connectivity index (χ1v) is 12.6. The van der Waals surface area contributed by atoms with Crippen LogP contribution >= 0.6 is 0 Å². The molecule has 1 aliphatic rings. The quantitative estimate of drug-likeness (QED) is 0.395. The van der Waals surface area contributed by atoms with Crippen LogP contribution in [-0.4, -0.2) is 67.1 Å². The minimum Gasteiger partial charge on any atom is -0.497 e. The van der Waals surface area contributed by atoms with Gasteiger partial charge in [-0.25, -0.2) is 0 Å². The van der Waals surface area contributed by atoms with Gasteiger partial charge < -0.3 is 34.5 Å². The minimum atomic E-state index is -1.35. The van der Waals surface area contributed by atoms with E-state index >= 15 is 0 Å². The lowest BCUT2D eigenvalue weighted by Gasteiger charge is -2.46. The number of carbonyl (C=O) groups is 1. The van der Waals surface area contributed by atoms with E-state index in [-0.39, 0.29) is 5.91 Å². The summed E-state index contributed by atoms with van der Waals surface area (Å²) in [6.45, 7) is 3.96. The third-order valence-corrected chi connectivity index (χ3v) is 6.71. The molecule has 0 aliphatic carbocycles. The summed E-state index contributed by atoms with van der Waals surface area (Å²) < 4.78 is 22.6. The fourth-order valence-corrected chi connectivity index (χ4v) is 4.73. The molecule has 0 bridgehead atoms. The average Bonchev–Trinajstić information content (AvgIpc) is 2.92. The van der Waals surface area contributed by atoms with Crippen molar-refractivity contribution in [2.45, 2.75) is 50.5 Å². The molecule has 202 valence electrons. The number of carbonyl (C=O) groups excluding carboxylic acids is 1. The molecule has 1 fully saturated rings. The minimum absolute atomic E-state index is 0.269. The molecule has 4 rings (SSSR count). The van der Waals surface area contributed by atoms with Gasteiger partial charge in [0.15, 0.2) is 0 Å². The summed E-state index contributed by atoms with van der Waals surface area (Å²) in [6.07, 6.45) is -3.78. The van der Waals surface area contributed by atoms with Crippen LogP contribution in [0.3, 0.4) is 0 Å². The number of benzene rings is 3. The SMILES string of the molecule is COc1cccc(-c2ccc(O[C@H]3OC(C)(C)[C@H](OC)[C@@H](O)[C@H]3O)cc2C(=O)NCCc2ccccc2)c1. The highest BCUT2D eigenvalue weighted by Crippen LogP contribution is 2.34. The number of hydrogen-bond acceptors (Lipinski definition) is 7. The number of nitrogens with one attached hydrogen (secondary N) is 1. The Labute approximate surface area is 223 Å². The maximum Gasteiger partial charge on any atom is 0.252 e. The van der Waals surface area contributed by atoms with Gasteiger partial charge in [0, 0.05) is 13.7 Å². The maximum absolute atomic E-state index is 13.4. The van der Waals surface area contributed by atoms with Crippen LogP contribution < -0.4 is 14.8 Å². The summed E-state index contributed by atoms with van der Waals surface area (Å²) in [7, 11) is 3.04. The predicted octanol–water partition coefficient (Wildman–Crippen LogP) is 3.59. The molecule has 8 nitrogen and oxygen atoms in total. The van der Waals surface area contributed by atoms with Gasteiger partial charge in [-0.1, -0.05) is 42.5 Å². The number of ether oxygens (including phenoxy) is 4. The second-order valence-electron chi connectivity index (χ2n) is 9.78. The Balaban J connectivity index is 1.60. The van der Waals surface area contributed by atoms with Gasteiger partial charge in [-0.05, 0) is 67.3 Å². The van der Waals surface area contributed by atoms with Crippen molar-refractivity contribution in [3.63, 3.8) is 0 Å². The maximum atomic E-state index is 13.4. The monoisotopic (exact) mass is 521 g/mol. The third-order valence-electron chi connectivity index (χ3n) is 6.71. The van der Waals surface area contributed by atoms with E-state index in [1.165, 1.54) is 7.11 Å². The molecule has 3 N–H and O–H groups in total. The fraction of sp³-hybridized carbons (Fsp3) is 0.367. The Morgan fingerprint density at radius 3 is 2.42 bits per heavy atom. The van der Waals surface area contributed by atoms with Crippen molar-refractivity contribution in [2.75, 3.05) is 20.8 Å². The lowest BCUT2D eigenvalue weighted by Crippen LogP contribution is -2.63. The van der Waals surface area contributed by atoms with Crippen LogP contribution in [0.1, 0.15) is 29.8 Å².